The molecule has 0 spiro atoms. The molecule has 0 saturated carbocycles. The molecule has 0 atom stereocenters. The predicted octanol–water partition coefficient (Wildman–Crippen LogP) is 4.45. The second-order valence-corrected chi connectivity index (χ2v) is 17.5. The smallest absolute Gasteiger partial charge is 0.127 e. The van der Waals surface area contributed by atoms with Gasteiger partial charge in [-0.2, -0.15) is 0 Å². The molecule has 0 aromatic carbocycles. The minimum Gasteiger partial charge on any atom is -0.127 e. The summed E-state index contributed by atoms with van der Waals surface area (Å²) in [4.78, 5) is 0. The normalized spacial score (nSPS) is 14.3. The molecule has 0 N–H and O–H groups in total. The first-order valence-electron chi connectivity index (χ1n) is 4.94. The van der Waals surface area contributed by atoms with Gasteiger partial charge < -0.3 is 0 Å². The standard InChI is InChI=1S/C11H21ISi2/c1-10(8-9-13(2,3)4)11(12)14(5,6)7/h1-7H3. The van der Waals surface area contributed by atoms with Crippen LogP contribution in [0, 0.1) is 11.5 Å². The maximum atomic E-state index is 3.42. The molecule has 0 aromatic rings. The molecular weight excluding hydrogens is 315 g/mol. The molecular formula is C11H21ISi2. The van der Waals surface area contributed by atoms with Crippen LogP contribution in [0.25, 0.3) is 0 Å². The Balaban J connectivity index is 4.94. The van der Waals surface area contributed by atoms with E-state index in [9.17, 15) is 0 Å². The minimum atomic E-state index is -1.21. The van der Waals surface area contributed by atoms with E-state index in [4.69, 9.17) is 0 Å². The van der Waals surface area contributed by atoms with Gasteiger partial charge in [0.25, 0.3) is 0 Å². The summed E-state index contributed by atoms with van der Waals surface area (Å²) in [6.45, 7) is 16.1. The fraction of sp³-hybridized carbons (Fsp3) is 0.636. The fourth-order valence-electron chi connectivity index (χ4n) is 0.899. The first kappa shape index (κ1) is 14.5. The van der Waals surface area contributed by atoms with Crippen molar-refractivity contribution >= 4 is 38.7 Å². The fourth-order valence-corrected chi connectivity index (χ4v) is 2.78. The molecule has 0 bridgehead atoms. The van der Waals surface area contributed by atoms with Gasteiger partial charge in [0.1, 0.15) is 8.07 Å². The third-order valence-electron chi connectivity index (χ3n) is 1.61. The molecule has 14 heavy (non-hydrogen) atoms. The Hall–Kier alpha value is 0.464. The average Bonchev–Trinajstić information content (AvgIpc) is 1.95. The van der Waals surface area contributed by atoms with Gasteiger partial charge in [-0.15, -0.1) is 5.54 Å². The highest BCUT2D eigenvalue weighted by Crippen LogP contribution is 2.24. The lowest BCUT2D eigenvalue weighted by Crippen LogP contribution is -2.21. The Morgan fingerprint density at radius 1 is 1.00 bits per heavy atom. The molecule has 0 saturated heterocycles. The first-order valence-corrected chi connectivity index (χ1v) is 13.0. The Morgan fingerprint density at radius 3 is 1.71 bits per heavy atom. The van der Waals surface area contributed by atoms with Crippen LogP contribution < -0.4 is 0 Å². The lowest BCUT2D eigenvalue weighted by Gasteiger charge is -2.16. The monoisotopic (exact) mass is 336 g/mol. The molecule has 3 heteroatoms. The van der Waals surface area contributed by atoms with Crippen molar-refractivity contribution in [2.75, 3.05) is 0 Å². The van der Waals surface area contributed by atoms with Gasteiger partial charge in [0.05, 0.1) is 8.07 Å². The molecule has 80 valence electrons. The van der Waals surface area contributed by atoms with Gasteiger partial charge >= 0.3 is 0 Å². The van der Waals surface area contributed by atoms with Crippen molar-refractivity contribution in [1.82, 2.24) is 0 Å². The van der Waals surface area contributed by atoms with E-state index in [1.54, 1.807) is 0 Å². The van der Waals surface area contributed by atoms with Crippen molar-refractivity contribution in [2.24, 2.45) is 0 Å². The van der Waals surface area contributed by atoms with Gasteiger partial charge in [-0.3, -0.25) is 0 Å². The van der Waals surface area contributed by atoms with Gasteiger partial charge in [0.15, 0.2) is 0 Å². The number of rotatable bonds is 1. The zero-order valence-corrected chi connectivity index (χ0v) is 14.5. The minimum absolute atomic E-state index is 1.14. The average molecular weight is 336 g/mol. The van der Waals surface area contributed by atoms with Crippen LogP contribution in [0.15, 0.2) is 8.78 Å². The number of hydrogen-bond donors (Lipinski definition) is 0. The van der Waals surface area contributed by atoms with E-state index in [0.717, 1.165) is 0 Å². The third kappa shape index (κ3) is 6.04. The molecule has 0 heterocycles. The van der Waals surface area contributed by atoms with Gasteiger partial charge in [-0.05, 0) is 10.1 Å². The topological polar surface area (TPSA) is 0 Å². The lowest BCUT2D eigenvalue weighted by atomic mass is 10.4. The van der Waals surface area contributed by atoms with Crippen LogP contribution in [0.3, 0.4) is 0 Å². The molecule has 0 unspecified atom stereocenters. The maximum Gasteiger partial charge on any atom is 0.129 e. The molecule has 0 amide bonds. The Bertz CT molecular complexity index is 292. The summed E-state index contributed by atoms with van der Waals surface area (Å²) in [7, 11) is -2.35. The third-order valence-corrected chi connectivity index (χ3v) is 9.84. The van der Waals surface area contributed by atoms with Crippen LogP contribution in [-0.2, 0) is 0 Å². The maximum absolute atomic E-state index is 3.42. The van der Waals surface area contributed by atoms with Crippen molar-refractivity contribution in [1.29, 1.82) is 0 Å². The molecule has 0 aliphatic rings. The second kappa shape index (κ2) is 4.99. The molecule has 0 aliphatic carbocycles. The highest BCUT2D eigenvalue weighted by molar-refractivity contribution is 14.1. The van der Waals surface area contributed by atoms with E-state index in [1.807, 2.05) is 0 Å². The van der Waals surface area contributed by atoms with Crippen LogP contribution in [-0.4, -0.2) is 16.1 Å². The number of hydrogen-bond acceptors (Lipinski definition) is 0. The Labute approximate surface area is 105 Å². The van der Waals surface area contributed by atoms with E-state index in [1.165, 1.54) is 8.78 Å². The molecule has 0 aliphatic heterocycles. The van der Waals surface area contributed by atoms with E-state index in [0.29, 0.717) is 0 Å². The van der Waals surface area contributed by atoms with Crippen LogP contribution in [0.5, 0.6) is 0 Å². The Kier molecular flexibility index (Phi) is 5.16. The molecule has 0 fully saturated rings. The highest BCUT2D eigenvalue weighted by atomic mass is 127. The van der Waals surface area contributed by atoms with Crippen LogP contribution in [0.1, 0.15) is 6.92 Å². The Morgan fingerprint density at radius 2 is 1.43 bits per heavy atom. The number of allylic oxidation sites excluding steroid dienone is 1. The zero-order valence-electron chi connectivity index (χ0n) is 10.4. The molecule has 0 rings (SSSR count). The van der Waals surface area contributed by atoms with Crippen molar-refractivity contribution in [3.8, 4) is 11.5 Å². The summed E-state index contributed by atoms with van der Waals surface area (Å²) < 4.78 is 1.51. The van der Waals surface area contributed by atoms with Gasteiger partial charge in [0, 0.05) is 5.57 Å². The van der Waals surface area contributed by atoms with Crippen molar-refractivity contribution in [2.45, 2.75) is 46.2 Å². The zero-order chi connectivity index (χ0) is 11.6. The van der Waals surface area contributed by atoms with Crippen molar-refractivity contribution < 1.29 is 0 Å². The quantitative estimate of drug-likeness (QED) is 0.377. The predicted molar refractivity (Wildman–Crippen MR) is 81.2 cm³/mol. The van der Waals surface area contributed by atoms with Gasteiger partial charge in [-0.1, -0.05) is 67.8 Å². The second-order valence-electron chi connectivity index (χ2n) is 5.69. The van der Waals surface area contributed by atoms with Crippen LogP contribution in [0.2, 0.25) is 39.3 Å². The summed E-state index contributed by atoms with van der Waals surface area (Å²) in [5.74, 6) is 3.35. The van der Waals surface area contributed by atoms with Gasteiger partial charge in [0.2, 0.25) is 0 Å². The van der Waals surface area contributed by atoms with Crippen LogP contribution >= 0.6 is 22.6 Å². The van der Waals surface area contributed by atoms with E-state index in [-0.39, 0.29) is 0 Å². The SMILES string of the molecule is CC(C#C[Si](C)(C)C)=C(I)[Si](C)(C)C. The largest absolute Gasteiger partial charge is 0.129 e. The molecule has 0 nitrogen and oxygen atoms in total. The summed E-state index contributed by atoms with van der Waals surface area (Å²) >= 11 is 2.48. The van der Waals surface area contributed by atoms with Crippen molar-refractivity contribution in [3.63, 3.8) is 0 Å². The summed E-state index contributed by atoms with van der Waals surface area (Å²) in [6.07, 6.45) is 0. The van der Waals surface area contributed by atoms with Crippen LogP contribution in [0.4, 0.5) is 0 Å². The number of halogens is 1. The van der Waals surface area contributed by atoms with Gasteiger partial charge in [-0.25, -0.2) is 0 Å². The summed E-state index contributed by atoms with van der Waals surface area (Å²) in [6, 6.07) is 0. The molecule has 0 radical (unpaired) electrons. The highest BCUT2D eigenvalue weighted by Gasteiger charge is 2.19. The van der Waals surface area contributed by atoms with Crippen molar-refractivity contribution in [3.05, 3.63) is 8.78 Å². The molecule has 0 aromatic heterocycles. The van der Waals surface area contributed by atoms with E-state index >= 15 is 0 Å². The summed E-state index contributed by atoms with van der Waals surface area (Å²) in [5, 5.41) is 0. The first-order chi connectivity index (χ1) is 6.04. The lowest BCUT2D eigenvalue weighted by molar-refractivity contribution is 1.57. The van der Waals surface area contributed by atoms with E-state index < -0.39 is 16.1 Å². The summed E-state index contributed by atoms with van der Waals surface area (Å²) in [5.41, 5.74) is 4.72. The van der Waals surface area contributed by atoms with E-state index in [2.05, 4.69) is 80.3 Å².